The van der Waals surface area contributed by atoms with E-state index in [0.717, 1.165) is 37.9 Å². The van der Waals surface area contributed by atoms with Crippen molar-refractivity contribution in [2.24, 2.45) is 23.2 Å². The lowest BCUT2D eigenvalue weighted by molar-refractivity contribution is -0.144. The molecule has 1 saturated carbocycles. The van der Waals surface area contributed by atoms with E-state index in [-0.39, 0.29) is 29.3 Å². The molecule has 1 aromatic heterocycles. The zero-order chi connectivity index (χ0) is 18.3. The van der Waals surface area contributed by atoms with Crippen LogP contribution in [-0.4, -0.2) is 46.3 Å². The molecule has 6 heteroatoms. The van der Waals surface area contributed by atoms with E-state index >= 15 is 0 Å². The summed E-state index contributed by atoms with van der Waals surface area (Å²) in [4.78, 5) is 19.6. The number of fused-ring (bicyclic) bond motifs is 2. The summed E-state index contributed by atoms with van der Waals surface area (Å²) in [6, 6.07) is 0. The van der Waals surface area contributed by atoms with Crippen LogP contribution in [-0.2, 0) is 16.0 Å². The van der Waals surface area contributed by atoms with Crippen molar-refractivity contribution in [3.63, 3.8) is 0 Å². The van der Waals surface area contributed by atoms with Gasteiger partial charge in [0.25, 0.3) is 0 Å². The first-order chi connectivity index (χ1) is 12.5. The van der Waals surface area contributed by atoms with Crippen LogP contribution in [0.5, 0.6) is 0 Å². The van der Waals surface area contributed by atoms with Gasteiger partial charge in [-0.05, 0) is 18.8 Å². The zero-order valence-corrected chi connectivity index (χ0v) is 15.6. The summed E-state index contributed by atoms with van der Waals surface area (Å²) in [6.07, 6.45) is 8.80. The highest BCUT2D eigenvalue weighted by Gasteiger charge is 2.59. The molecule has 142 valence electrons. The van der Waals surface area contributed by atoms with Crippen molar-refractivity contribution in [2.75, 3.05) is 13.1 Å². The lowest BCUT2D eigenvalue weighted by atomic mass is 9.55. The van der Waals surface area contributed by atoms with Crippen molar-refractivity contribution < 1.29 is 14.6 Å². The number of aliphatic hydroxyl groups excluding tert-OH is 1. The minimum atomic E-state index is -0.534. The summed E-state index contributed by atoms with van der Waals surface area (Å²) in [6.45, 7) is 5.72. The van der Waals surface area contributed by atoms with Crippen LogP contribution in [0.2, 0.25) is 0 Å². The monoisotopic (exact) mass is 359 g/mol. The molecular formula is C20H29N3O3. The zero-order valence-electron chi connectivity index (χ0n) is 15.6. The average Bonchev–Trinajstić information content (AvgIpc) is 3.23. The predicted octanol–water partition coefficient (Wildman–Crippen LogP) is 1.83. The van der Waals surface area contributed by atoms with E-state index in [1.54, 1.807) is 6.33 Å². The average molecular weight is 359 g/mol. The van der Waals surface area contributed by atoms with E-state index in [1.165, 1.54) is 5.57 Å². The van der Waals surface area contributed by atoms with Crippen LogP contribution < -0.4 is 5.32 Å². The Bertz CT molecular complexity index is 686. The molecule has 6 atom stereocenters. The summed E-state index contributed by atoms with van der Waals surface area (Å²) in [5, 5.41) is 14.7. The Hall–Kier alpha value is -1.66. The third-order valence-electron chi connectivity index (χ3n) is 7.06. The second kappa shape index (κ2) is 6.82. The number of nitrogens with one attached hydrogen (secondary N) is 2. The lowest BCUT2D eigenvalue weighted by Crippen LogP contribution is -2.54. The number of carbonyl (C=O) groups is 1. The first kappa shape index (κ1) is 17.7. The largest absolute Gasteiger partial charge is 0.461 e. The number of hydrogen-bond acceptors (Lipinski definition) is 5. The molecule has 1 aliphatic heterocycles. The number of aromatic amines is 1. The molecule has 26 heavy (non-hydrogen) atoms. The number of rotatable bonds is 5. The van der Waals surface area contributed by atoms with Crippen LogP contribution in [0.1, 0.15) is 38.8 Å². The highest BCUT2D eigenvalue weighted by molar-refractivity contribution is 5.76. The SMILES string of the molecule is CC1CCC=C2CC3OC(=O)C(CNCCc4cnc[nH]4)C3C(O)C21C. The number of aliphatic hydroxyl groups is 1. The number of nitrogens with zero attached hydrogens (tertiary/aromatic N) is 1. The standard InChI is InChI=1S/C20H29N3O3/c1-12-4-3-5-13-8-16-17(18(24)20(12,13)2)15(19(25)26-16)10-21-7-6-14-9-22-11-23-14/h5,9,11-12,15-18,21,24H,3-4,6-8,10H2,1-2H3,(H,22,23). The minimum absolute atomic E-state index is 0.121. The van der Waals surface area contributed by atoms with Crippen molar-refractivity contribution in [3.05, 3.63) is 29.9 Å². The van der Waals surface area contributed by atoms with Crippen molar-refractivity contribution in [3.8, 4) is 0 Å². The number of ether oxygens (including phenoxy) is 1. The first-order valence-electron chi connectivity index (χ1n) is 9.78. The Morgan fingerprint density at radius 1 is 1.50 bits per heavy atom. The Balaban J connectivity index is 1.44. The number of esters is 1. The molecule has 0 amide bonds. The molecule has 0 spiro atoms. The van der Waals surface area contributed by atoms with E-state index in [1.807, 2.05) is 6.20 Å². The van der Waals surface area contributed by atoms with Crippen LogP contribution in [0.15, 0.2) is 24.2 Å². The molecule has 2 heterocycles. The van der Waals surface area contributed by atoms with Gasteiger partial charge in [0.05, 0.1) is 18.3 Å². The van der Waals surface area contributed by atoms with Crippen LogP contribution in [0.4, 0.5) is 0 Å². The van der Waals surface area contributed by atoms with Crippen LogP contribution >= 0.6 is 0 Å². The molecule has 0 aromatic carbocycles. The molecule has 2 fully saturated rings. The Morgan fingerprint density at radius 3 is 3.12 bits per heavy atom. The summed E-state index contributed by atoms with van der Waals surface area (Å²) < 4.78 is 5.68. The van der Waals surface area contributed by atoms with Gasteiger partial charge in [-0.1, -0.05) is 25.5 Å². The third-order valence-corrected chi connectivity index (χ3v) is 7.06. The van der Waals surface area contributed by atoms with Crippen LogP contribution in [0, 0.1) is 23.2 Å². The van der Waals surface area contributed by atoms with Gasteiger partial charge >= 0.3 is 5.97 Å². The second-order valence-corrected chi connectivity index (χ2v) is 8.33. The normalized spacial score (nSPS) is 39.1. The van der Waals surface area contributed by atoms with Gasteiger partial charge < -0.3 is 20.1 Å². The molecule has 0 bridgehead atoms. The van der Waals surface area contributed by atoms with Gasteiger partial charge in [0.15, 0.2) is 0 Å². The maximum absolute atomic E-state index is 12.5. The van der Waals surface area contributed by atoms with Crippen molar-refractivity contribution in [2.45, 2.75) is 51.7 Å². The molecule has 6 nitrogen and oxygen atoms in total. The molecule has 4 rings (SSSR count). The fourth-order valence-electron chi connectivity index (χ4n) is 5.20. The fraction of sp³-hybridized carbons (Fsp3) is 0.700. The van der Waals surface area contributed by atoms with Gasteiger partial charge in [-0.2, -0.15) is 0 Å². The number of allylic oxidation sites excluding steroid dienone is 1. The van der Waals surface area contributed by atoms with E-state index in [2.05, 4.69) is 35.2 Å². The van der Waals surface area contributed by atoms with Gasteiger partial charge in [0.1, 0.15) is 6.10 Å². The summed E-state index contributed by atoms with van der Waals surface area (Å²) in [7, 11) is 0. The maximum atomic E-state index is 12.5. The lowest BCUT2D eigenvalue weighted by Gasteiger charge is -2.51. The molecular weight excluding hydrogens is 330 g/mol. The van der Waals surface area contributed by atoms with Gasteiger partial charge in [-0.3, -0.25) is 4.79 Å². The first-order valence-corrected chi connectivity index (χ1v) is 9.78. The van der Waals surface area contributed by atoms with Gasteiger partial charge in [0, 0.05) is 49.2 Å². The van der Waals surface area contributed by atoms with Crippen molar-refractivity contribution >= 4 is 5.97 Å². The Labute approximate surface area is 154 Å². The second-order valence-electron chi connectivity index (χ2n) is 8.33. The summed E-state index contributed by atoms with van der Waals surface area (Å²) in [5.74, 6) is -0.138. The predicted molar refractivity (Wildman–Crippen MR) is 97.2 cm³/mol. The fourth-order valence-corrected chi connectivity index (χ4v) is 5.20. The number of aromatic nitrogens is 2. The number of H-pyrrole nitrogens is 1. The van der Waals surface area contributed by atoms with E-state index in [4.69, 9.17) is 4.74 Å². The molecule has 2 aliphatic carbocycles. The topological polar surface area (TPSA) is 87.2 Å². The minimum Gasteiger partial charge on any atom is -0.461 e. The van der Waals surface area contributed by atoms with Gasteiger partial charge in [-0.15, -0.1) is 0 Å². The molecule has 1 aromatic rings. The van der Waals surface area contributed by atoms with Crippen molar-refractivity contribution in [1.29, 1.82) is 0 Å². The Kier molecular flexibility index (Phi) is 4.65. The Morgan fingerprint density at radius 2 is 2.35 bits per heavy atom. The maximum Gasteiger partial charge on any atom is 0.311 e. The molecule has 0 radical (unpaired) electrons. The molecule has 3 N–H and O–H groups in total. The smallest absolute Gasteiger partial charge is 0.311 e. The van der Waals surface area contributed by atoms with E-state index in [0.29, 0.717) is 12.5 Å². The van der Waals surface area contributed by atoms with Crippen LogP contribution in [0.25, 0.3) is 0 Å². The molecule has 3 aliphatic rings. The number of carbonyl (C=O) groups excluding carboxylic acids is 1. The highest BCUT2D eigenvalue weighted by Crippen LogP contribution is 2.55. The highest BCUT2D eigenvalue weighted by atomic mass is 16.6. The summed E-state index contributed by atoms with van der Waals surface area (Å²) >= 11 is 0. The van der Waals surface area contributed by atoms with Crippen molar-refractivity contribution in [1.82, 2.24) is 15.3 Å². The molecule has 6 unspecified atom stereocenters. The van der Waals surface area contributed by atoms with Crippen LogP contribution in [0.3, 0.4) is 0 Å². The number of imidazole rings is 1. The van der Waals surface area contributed by atoms with Gasteiger partial charge in [-0.25, -0.2) is 4.98 Å². The number of hydrogen-bond donors (Lipinski definition) is 3. The van der Waals surface area contributed by atoms with E-state index < -0.39 is 6.10 Å². The van der Waals surface area contributed by atoms with E-state index in [9.17, 15) is 9.90 Å². The third kappa shape index (κ3) is 2.79. The van der Waals surface area contributed by atoms with Gasteiger partial charge in [0.2, 0.25) is 0 Å². The molecule has 1 saturated heterocycles. The quantitative estimate of drug-likeness (QED) is 0.424. The summed E-state index contributed by atoms with van der Waals surface area (Å²) in [5.41, 5.74) is 2.12.